The van der Waals surface area contributed by atoms with E-state index in [2.05, 4.69) is 38.1 Å². The van der Waals surface area contributed by atoms with Crippen LogP contribution in [-0.4, -0.2) is 11.1 Å². The Labute approximate surface area is 218 Å². The number of allylic oxidation sites excluding steroid dienone is 2. The number of aliphatic carboxylic acids is 1. The van der Waals surface area contributed by atoms with E-state index in [1.807, 2.05) is 31.2 Å². The molecule has 37 heavy (non-hydrogen) atoms. The van der Waals surface area contributed by atoms with Gasteiger partial charge in [0.1, 0.15) is 18.2 Å². The Balaban J connectivity index is 1.31. The van der Waals surface area contributed by atoms with E-state index in [9.17, 15) is 14.3 Å². The van der Waals surface area contributed by atoms with Crippen LogP contribution in [0, 0.1) is 24.1 Å². The largest absolute Gasteiger partial charge is 0.489 e. The van der Waals surface area contributed by atoms with E-state index >= 15 is 0 Å². The van der Waals surface area contributed by atoms with Crippen molar-refractivity contribution >= 4 is 11.5 Å². The van der Waals surface area contributed by atoms with E-state index in [1.165, 1.54) is 11.1 Å². The predicted octanol–water partition coefficient (Wildman–Crippen LogP) is 7.87. The highest BCUT2D eigenvalue weighted by molar-refractivity contribution is 5.85. The molecule has 0 aromatic heterocycles. The van der Waals surface area contributed by atoms with Gasteiger partial charge in [0, 0.05) is 11.0 Å². The van der Waals surface area contributed by atoms with Crippen LogP contribution in [-0.2, 0) is 23.2 Å². The lowest BCUT2D eigenvalue weighted by molar-refractivity contribution is -0.139. The lowest BCUT2D eigenvalue weighted by Gasteiger charge is -2.25. The average Bonchev–Trinajstić information content (AvgIpc) is 3.36. The molecule has 0 aliphatic heterocycles. The van der Waals surface area contributed by atoms with Gasteiger partial charge in [-0.25, -0.2) is 4.39 Å². The molecule has 190 valence electrons. The van der Waals surface area contributed by atoms with Gasteiger partial charge < -0.3 is 9.84 Å². The fraction of sp³-hybridized carbons (Fsp3) is 0.364. The summed E-state index contributed by atoms with van der Waals surface area (Å²) >= 11 is 0. The van der Waals surface area contributed by atoms with Crippen LogP contribution in [0.4, 0.5) is 4.39 Å². The molecule has 0 saturated heterocycles. The summed E-state index contributed by atoms with van der Waals surface area (Å²) in [7, 11) is 0. The van der Waals surface area contributed by atoms with E-state index < -0.39 is 5.97 Å². The first-order chi connectivity index (χ1) is 17.7. The third-order valence-corrected chi connectivity index (χ3v) is 8.87. The quantitative estimate of drug-likeness (QED) is 0.378. The maximum atomic E-state index is 15.0. The third-order valence-electron chi connectivity index (χ3n) is 8.87. The molecule has 2 atom stereocenters. The Bertz CT molecular complexity index is 1450. The number of hydrogen-bond acceptors (Lipinski definition) is 2. The van der Waals surface area contributed by atoms with Gasteiger partial charge in [-0.15, -0.1) is 0 Å². The summed E-state index contributed by atoms with van der Waals surface area (Å²) < 4.78 is 21.2. The van der Waals surface area contributed by atoms with E-state index in [-0.39, 0.29) is 22.6 Å². The maximum Gasteiger partial charge on any atom is 0.307 e. The van der Waals surface area contributed by atoms with Crippen LogP contribution >= 0.6 is 0 Å². The summed E-state index contributed by atoms with van der Waals surface area (Å²) in [5.41, 5.74) is 8.17. The molecular formula is C33H33FO3. The SMILES string of the molecule is Cc1ccc(F)c(-c2ccc(COc3ccc4c(c3)[C@]3(CC4)C[C@@H]3C(=O)O)cc2C2=CCCC2(C)C)c1. The summed E-state index contributed by atoms with van der Waals surface area (Å²) in [4.78, 5) is 11.6. The van der Waals surface area contributed by atoms with Gasteiger partial charge in [0.15, 0.2) is 0 Å². The van der Waals surface area contributed by atoms with Crippen LogP contribution in [0.3, 0.4) is 0 Å². The molecule has 0 heterocycles. The second-order valence-electron chi connectivity index (χ2n) is 11.8. The van der Waals surface area contributed by atoms with Crippen LogP contribution in [0.5, 0.6) is 5.75 Å². The first-order valence-corrected chi connectivity index (χ1v) is 13.3. The minimum Gasteiger partial charge on any atom is -0.489 e. The molecule has 0 radical (unpaired) electrons. The van der Waals surface area contributed by atoms with Gasteiger partial charge in [0.2, 0.25) is 0 Å². The van der Waals surface area contributed by atoms with Gasteiger partial charge in [0.05, 0.1) is 5.92 Å². The molecular weight excluding hydrogens is 463 g/mol. The minimum atomic E-state index is -0.694. The lowest BCUT2D eigenvalue weighted by Crippen LogP contribution is -2.12. The Morgan fingerprint density at radius 2 is 1.86 bits per heavy atom. The Hall–Kier alpha value is -3.40. The number of fused-ring (bicyclic) bond motifs is 2. The first-order valence-electron chi connectivity index (χ1n) is 13.3. The minimum absolute atomic E-state index is 0.0216. The maximum absolute atomic E-state index is 15.0. The monoisotopic (exact) mass is 496 g/mol. The van der Waals surface area contributed by atoms with Crippen molar-refractivity contribution in [2.24, 2.45) is 11.3 Å². The van der Waals surface area contributed by atoms with Crippen molar-refractivity contribution in [2.45, 2.75) is 64.9 Å². The van der Waals surface area contributed by atoms with Crippen molar-refractivity contribution in [1.29, 1.82) is 0 Å². The summed E-state index contributed by atoms with van der Waals surface area (Å²) in [6.45, 7) is 6.90. The third kappa shape index (κ3) is 4.07. The van der Waals surface area contributed by atoms with Crippen molar-refractivity contribution in [1.82, 2.24) is 0 Å². The van der Waals surface area contributed by atoms with E-state index in [0.717, 1.165) is 65.7 Å². The van der Waals surface area contributed by atoms with Gasteiger partial charge in [-0.1, -0.05) is 49.8 Å². The summed E-state index contributed by atoms with van der Waals surface area (Å²) in [5, 5.41) is 9.56. The van der Waals surface area contributed by atoms with E-state index in [4.69, 9.17) is 4.74 Å². The van der Waals surface area contributed by atoms with Crippen LogP contribution in [0.25, 0.3) is 16.7 Å². The molecule has 0 unspecified atom stereocenters. The van der Waals surface area contributed by atoms with Crippen LogP contribution in [0.2, 0.25) is 0 Å². The molecule has 3 aliphatic carbocycles. The molecule has 1 N–H and O–H groups in total. The number of carbonyl (C=O) groups is 1. The highest BCUT2D eigenvalue weighted by Gasteiger charge is 2.61. The number of ether oxygens (including phenoxy) is 1. The number of carboxylic acids is 1. The number of rotatable bonds is 6. The molecule has 3 aromatic rings. The molecule has 0 amide bonds. The standard InChI is InChI=1S/C33H33FO3/c1-20-6-11-30(34)26(15-20)24-10-7-21(16-25(24)27-5-4-13-32(27,2)3)19-37-23-9-8-22-12-14-33(28(22)17-23)18-29(33)31(35)36/h5-11,15-17,29H,4,12-14,18-19H2,1-3H3,(H,35,36)/t29-,33+/m1/s1. The van der Waals surface area contributed by atoms with Crippen molar-refractivity contribution in [3.05, 3.63) is 94.3 Å². The molecule has 1 spiro atoms. The summed E-state index contributed by atoms with van der Waals surface area (Å²) in [5.74, 6) is -0.406. The molecule has 3 aliphatic rings. The smallest absolute Gasteiger partial charge is 0.307 e. The van der Waals surface area contributed by atoms with Crippen molar-refractivity contribution < 1.29 is 19.0 Å². The van der Waals surface area contributed by atoms with Crippen molar-refractivity contribution in [2.75, 3.05) is 0 Å². The van der Waals surface area contributed by atoms with E-state index in [1.54, 1.807) is 12.1 Å². The summed E-state index contributed by atoms with van der Waals surface area (Å²) in [6.07, 6.45) is 6.97. The fourth-order valence-corrected chi connectivity index (χ4v) is 6.64. The fourth-order valence-electron chi connectivity index (χ4n) is 6.64. The van der Waals surface area contributed by atoms with Crippen LogP contribution < -0.4 is 4.74 Å². The average molecular weight is 497 g/mol. The zero-order valence-electron chi connectivity index (χ0n) is 21.7. The molecule has 1 fully saturated rings. The van der Waals surface area contributed by atoms with Crippen molar-refractivity contribution in [3.63, 3.8) is 0 Å². The van der Waals surface area contributed by atoms with Gasteiger partial charge in [-0.2, -0.15) is 0 Å². The first kappa shape index (κ1) is 24.0. The molecule has 3 nitrogen and oxygen atoms in total. The molecule has 3 aromatic carbocycles. The highest BCUT2D eigenvalue weighted by atomic mass is 19.1. The Morgan fingerprint density at radius 1 is 1.03 bits per heavy atom. The normalized spacial score (nSPS) is 23.1. The lowest BCUT2D eigenvalue weighted by atomic mass is 9.79. The number of hydrogen-bond donors (Lipinski definition) is 1. The van der Waals surface area contributed by atoms with Gasteiger partial charge >= 0.3 is 5.97 Å². The second kappa shape index (κ2) is 8.58. The Kier molecular flexibility index (Phi) is 5.56. The molecule has 1 saturated carbocycles. The Morgan fingerprint density at radius 3 is 2.59 bits per heavy atom. The number of aryl methyl sites for hydroxylation is 2. The number of carboxylic acid groups (broad SMARTS) is 1. The van der Waals surface area contributed by atoms with Crippen LogP contribution in [0.15, 0.2) is 60.7 Å². The topological polar surface area (TPSA) is 46.5 Å². The zero-order valence-corrected chi connectivity index (χ0v) is 21.7. The second-order valence-corrected chi connectivity index (χ2v) is 11.8. The predicted molar refractivity (Wildman–Crippen MR) is 144 cm³/mol. The zero-order chi connectivity index (χ0) is 25.9. The molecule has 0 bridgehead atoms. The number of benzene rings is 3. The summed E-state index contributed by atoms with van der Waals surface area (Å²) in [6, 6.07) is 17.6. The van der Waals surface area contributed by atoms with Gasteiger partial charge in [-0.05, 0) is 108 Å². The van der Waals surface area contributed by atoms with Gasteiger partial charge in [0.25, 0.3) is 0 Å². The van der Waals surface area contributed by atoms with Gasteiger partial charge in [-0.3, -0.25) is 4.79 Å². The number of halogens is 1. The van der Waals surface area contributed by atoms with E-state index in [0.29, 0.717) is 12.2 Å². The molecule has 6 rings (SSSR count). The van der Waals surface area contributed by atoms with Crippen molar-refractivity contribution in [3.8, 4) is 16.9 Å². The molecule has 4 heteroatoms. The van der Waals surface area contributed by atoms with Crippen LogP contribution in [0.1, 0.15) is 67.3 Å². The highest BCUT2D eigenvalue weighted by Crippen LogP contribution is 2.62.